The Morgan fingerprint density at radius 3 is 1.50 bits per heavy atom. The SMILES string of the molecule is CSc1ccc(C=C(C(=O)Nc2ccc([N+](=O)[O-])cc2)C(=O)Nc2ccc([N+](=O)[O-])cc2)cc1. The van der Waals surface area contributed by atoms with Gasteiger partial charge in [-0.15, -0.1) is 11.8 Å². The molecule has 0 atom stereocenters. The van der Waals surface area contributed by atoms with E-state index in [1.807, 2.05) is 18.4 Å². The van der Waals surface area contributed by atoms with E-state index in [9.17, 15) is 29.8 Å². The molecule has 0 aliphatic carbocycles. The molecule has 0 fully saturated rings. The fourth-order valence-electron chi connectivity index (χ4n) is 2.83. The van der Waals surface area contributed by atoms with Crippen LogP contribution in [0.4, 0.5) is 22.7 Å². The topological polar surface area (TPSA) is 144 Å². The van der Waals surface area contributed by atoms with E-state index in [1.165, 1.54) is 54.6 Å². The van der Waals surface area contributed by atoms with Crippen LogP contribution in [0.15, 0.2) is 83.3 Å². The van der Waals surface area contributed by atoms with Crippen molar-refractivity contribution >= 4 is 52.4 Å². The third-order valence-corrected chi connectivity index (χ3v) is 5.33. The molecule has 172 valence electrons. The minimum Gasteiger partial charge on any atom is -0.322 e. The average Bonchev–Trinajstić information content (AvgIpc) is 2.83. The molecule has 3 aromatic carbocycles. The van der Waals surface area contributed by atoms with Gasteiger partial charge in [0.2, 0.25) is 0 Å². The summed E-state index contributed by atoms with van der Waals surface area (Å²) >= 11 is 1.54. The van der Waals surface area contributed by atoms with Crippen molar-refractivity contribution in [3.63, 3.8) is 0 Å². The minimum absolute atomic E-state index is 0.140. The second kappa shape index (κ2) is 10.9. The van der Waals surface area contributed by atoms with Crippen molar-refractivity contribution in [1.29, 1.82) is 0 Å². The molecule has 0 heterocycles. The molecule has 3 aromatic rings. The zero-order valence-electron chi connectivity index (χ0n) is 17.8. The Bertz CT molecular complexity index is 1180. The van der Waals surface area contributed by atoms with Gasteiger partial charge in [-0.2, -0.15) is 0 Å². The van der Waals surface area contributed by atoms with E-state index in [2.05, 4.69) is 10.6 Å². The number of hydrogen-bond donors (Lipinski definition) is 2. The number of thioether (sulfide) groups is 1. The molecule has 2 amide bonds. The number of non-ortho nitro benzene ring substituents is 2. The lowest BCUT2D eigenvalue weighted by Crippen LogP contribution is -2.25. The second-order valence-corrected chi connectivity index (χ2v) is 7.73. The number of nitro benzene ring substituents is 2. The summed E-state index contributed by atoms with van der Waals surface area (Å²) in [6.07, 6.45) is 3.33. The van der Waals surface area contributed by atoms with Crippen LogP contribution in [-0.4, -0.2) is 27.9 Å². The maximum atomic E-state index is 13.0. The van der Waals surface area contributed by atoms with Crippen molar-refractivity contribution in [3.05, 3.63) is 104 Å². The van der Waals surface area contributed by atoms with Crippen LogP contribution >= 0.6 is 11.8 Å². The van der Waals surface area contributed by atoms with Crippen molar-refractivity contribution in [2.24, 2.45) is 0 Å². The van der Waals surface area contributed by atoms with Crippen LogP contribution in [0.1, 0.15) is 5.56 Å². The van der Waals surface area contributed by atoms with Gasteiger partial charge in [0.05, 0.1) is 9.85 Å². The van der Waals surface area contributed by atoms with Crippen molar-refractivity contribution in [3.8, 4) is 0 Å². The van der Waals surface area contributed by atoms with Gasteiger partial charge < -0.3 is 10.6 Å². The number of nitro groups is 2. The van der Waals surface area contributed by atoms with E-state index in [4.69, 9.17) is 0 Å². The predicted octanol–water partition coefficient (Wildman–Crippen LogP) is 4.89. The fraction of sp³-hybridized carbons (Fsp3) is 0.0435. The van der Waals surface area contributed by atoms with E-state index in [-0.39, 0.29) is 28.3 Å². The number of amides is 2. The highest BCUT2D eigenvalue weighted by Crippen LogP contribution is 2.21. The molecule has 0 saturated carbocycles. The first-order valence-corrected chi connectivity index (χ1v) is 11.0. The van der Waals surface area contributed by atoms with Gasteiger partial charge in [-0.1, -0.05) is 12.1 Å². The number of carbonyl (C=O) groups excluding carboxylic acids is 2. The van der Waals surface area contributed by atoms with Crippen molar-refractivity contribution in [2.75, 3.05) is 16.9 Å². The molecule has 11 heteroatoms. The molecule has 34 heavy (non-hydrogen) atoms. The van der Waals surface area contributed by atoms with Crippen LogP contribution in [-0.2, 0) is 9.59 Å². The molecule has 0 saturated heterocycles. The van der Waals surface area contributed by atoms with Gasteiger partial charge in [0.15, 0.2) is 0 Å². The number of hydrogen-bond acceptors (Lipinski definition) is 7. The van der Waals surface area contributed by atoms with Gasteiger partial charge in [0.1, 0.15) is 5.57 Å². The fourth-order valence-corrected chi connectivity index (χ4v) is 3.24. The Morgan fingerprint density at radius 1 is 0.735 bits per heavy atom. The van der Waals surface area contributed by atoms with Gasteiger partial charge in [-0.05, 0) is 54.3 Å². The molecule has 2 N–H and O–H groups in total. The average molecular weight is 478 g/mol. The van der Waals surface area contributed by atoms with Crippen LogP contribution in [0, 0.1) is 20.2 Å². The Labute approximate surface area is 198 Å². The Hall–Kier alpha value is -4.51. The minimum atomic E-state index is -0.734. The van der Waals surface area contributed by atoms with Crippen molar-refractivity contribution < 1.29 is 19.4 Å². The highest BCUT2D eigenvalue weighted by atomic mass is 32.2. The molecule has 0 spiro atoms. The van der Waals surface area contributed by atoms with E-state index >= 15 is 0 Å². The lowest BCUT2D eigenvalue weighted by molar-refractivity contribution is -0.385. The van der Waals surface area contributed by atoms with Crippen LogP contribution in [0.5, 0.6) is 0 Å². The molecular formula is C23H18N4O6S. The third-order valence-electron chi connectivity index (χ3n) is 4.59. The molecule has 0 bridgehead atoms. The summed E-state index contributed by atoms with van der Waals surface area (Å²) < 4.78 is 0. The normalized spacial score (nSPS) is 10.1. The van der Waals surface area contributed by atoms with Crippen molar-refractivity contribution in [1.82, 2.24) is 0 Å². The van der Waals surface area contributed by atoms with Crippen LogP contribution in [0.3, 0.4) is 0 Å². The monoisotopic (exact) mass is 478 g/mol. The third kappa shape index (κ3) is 6.26. The first-order chi connectivity index (χ1) is 16.3. The molecule has 10 nitrogen and oxygen atoms in total. The number of anilines is 2. The quantitative estimate of drug-likeness (QED) is 0.117. The summed E-state index contributed by atoms with van der Waals surface area (Å²) in [7, 11) is 0. The van der Waals surface area contributed by atoms with E-state index in [1.54, 1.807) is 23.9 Å². The zero-order chi connectivity index (χ0) is 24.7. The van der Waals surface area contributed by atoms with Gasteiger partial charge >= 0.3 is 0 Å². The molecular weight excluding hydrogens is 460 g/mol. The van der Waals surface area contributed by atoms with Crippen LogP contribution < -0.4 is 10.6 Å². The summed E-state index contributed by atoms with van der Waals surface area (Å²) in [4.78, 5) is 47.5. The standard InChI is InChI=1S/C23H18N4O6S/c1-34-20-12-2-15(3-13-20)14-21(22(28)24-16-4-8-18(9-5-16)26(30)31)23(29)25-17-6-10-19(11-7-17)27(32)33/h2-14H,1H3,(H,24,28)(H,25,29). The molecule has 0 unspecified atom stereocenters. The first kappa shape index (κ1) is 24.1. The molecule has 0 aliphatic heterocycles. The Morgan fingerprint density at radius 2 is 1.15 bits per heavy atom. The van der Waals surface area contributed by atoms with Crippen LogP contribution in [0.2, 0.25) is 0 Å². The summed E-state index contributed by atoms with van der Waals surface area (Å²) in [5.74, 6) is -1.47. The second-order valence-electron chi connectivity index (χ2n) is 6.85. The summed E-state index contributed by atoms with van der Waals surface area (Å²) in [6.45, 7) is 0. The van der Waals surface area contributed by atoms with Gasteiger partial charge in [0.25, 0.3) is 23.2 Å². The predicted molar refractivity (Wildman–Crippen MR) is 130 cm³/mol. The first-order valence-electron chi connectivity index (χ1n) is 9.74. The van der Waals surface area contributed by atoms with Gasteiger partial charge in [0, 0.05) is 40.5 Å². The van der Waals surface area contributed by atoms with E-state index < -0.39 is 21.7 Å². The van der Waals surface area contributed by atoms with Gasteiger partial charge in [-0.3, -0.25) is 29.8 Å². The maximum Gasteiger partial charge on any atom is 0.269 e. The molecule has 0 radical (unpaired) electrons. The zero-order valence-corrected chi connectivity index (χ0v) is 18.6. The van der Waals surface area contributed by atoms with Crippen molar-refractivity contribution in [2.45, 2.75) is 4.90 Å². The number of nitrogens with zero attached hydrogens (tertiary/aromatic N) is 2. The lowest BCUT2D eigenvalue weighted by Gasteiger charge is -2.11. The largest absolute Gasteiger partial charge is 0.322 e. The number of benzene rings is 3. The maximum absolute atomic E-state index is 13.0. The molecule has 3 rings (SSSR count). The Kier molecular flexibility index (Phi) is 7.72. The van der Waals surface area contributed by atoms with E-state index in [0.717, 1.165) is 4.90 Å². The lowest BCUT2D eigenvalue weighted by atomic mass is 10.1. The Balaban J connectivity index is 1.87. The number of rotatable bonds is 8. The summed E-state index contributed by atoms with van der Waals surface area (Å²) in [5, 5.41) is 26.8. The highest BCUT2D eigenvalue weighted by molar-refractivity contribution is 7.98. The smallest absolute Gasteiger partial charge is 0.269 e. The number of nitrogens with one attached hydrogen (secondary N) is 2. The summed E-state index contributed by atoms with van der Waals surface area (Å²) in [6, 6.07) is 17.6. The molecule has 0 aromatic heterocycles. The highest BCUT2D eigenvalue weighted by Gasteiger charge is 2.20. The van der Waals surface area contributed by atoms with Crippen LogP contribution in [0.25, 0.3) is 6.08 Å². The van der Waals surface area contributed by atoms with E-state index in [0.29, 0.717) is 5.56 Å². The summed E-state index contributed by atoms with van der Waals surface area (Å²) in [5.41, 5.74) is 0.626. The number of carbonyl (C=O) groups is 2. The van der Waals surface area contributed by atoms with Gasteiger partial charge in [-0.25, -0.2) is 0 Å². The molecule has 0 aliphatic rings.